The van der Waals surface area contributed by atoms with Crippen LogP contribution in [0.1, 0.15) is 36.1 Å². The molecule has 14 heavy (non-hydrogen) atoms. The largest absolute Gasteiger partial charge is 0.312 e. The zero-order chi connectivity index (χ0) is 10.6. The summed E-state index contributed by atoms with van der Waals surface area (Å²) in [5, 5.41) is 3.40. The van der Waals surface area contributed by atoms with Gasteiger partial charge in [-0.3, -0.25) is 0 Å². The highest BCUT2D eigenvalue weighted by atomic mass is 14.9. The molecule has 0 aliphatic carbocycles. The van der Waals surface area contributed by atoms with E-state index in [1.165, 1.54) is 23.1 Å². The SMILES string of the molecule is CC.Cc1cc(C)c2c(c1)CNCC2. The van der Waals surface area contributed by atoms with Crippen molar-refractivity contribution in [1.82, 2.24) is 5.32 Å². The zero-order valence-corrected chi connectivity index (χ0v) is 9.78. The maximum atomic E-state index is 3.40. The summed E-state index contributed by atoms with van der Waals surface area (Å²) in [5.41, 5.74) is 5.92. The van der Waals surface area contributed by atoms with Gasteiger partial charge in [0.25, 0.3) is 0 Å². The van der Waals surface area contributed by atoms with Crippen LogP contribution in [0.4, 0.5) is 0 Å². The van der Waals surface area contributed by atoms with Crippen LogP contribution in [-0.2, 0) is 13.0 Å². The second kappa shape index (κ2) is 5.16. The average molecular weight is 191 g/mol. The summed E-state index contributed by atoms with van der Waals surface area (Å²) < 4.78 is 0. The Labute approximate surface area is 87.5 Å². The third-order valence-electron chi connectivity index (χ3n) is 2.58. The molecular formula is C13H21N. The summed E-state index contributed by atoms with van der Waals surface area (Å²) in [6, 6.07) is 4.58. The number of hydrogen-bond acceptors (Lipinski definition) is 1. The number of fused-ring (bicyclic) bond motifs is 1. The summed E-state index contributed by atoms with van der Waals surface area (Å²) in [5.74, 6) is 0. The van der Waals surface area contributed by atoms with Crippen molar-refractivity contribution in [2.75, 3.05) is 6.54 Å². The van der Waals surface area contributed by atoms with Crippen molar-refractivity contribution in [3.63, 3.8) is 0 Å². The van der Waals surface area contributed by atoms with Crippen molar-refractivity contribution in [2.45, 2.75) is 40.7 Å². The number of rotatable bonds is 0. The Balaban J connectivity index is 0.000000461. The Hall–Kier alpha value is -0.820. The van der Waals surface area contributed by atoms with Gasteiger partial charge in [0.1, 0.15) is 0 Å². The van der Waals surface area contributed by atoms with Gasteiger partial charge in [-0.2, -0.15) is 0 Å². The lowest BCUT2D eigenvalue weighted by Crippen LogP contribution is -2.24. The molecular weight excluding hydrogens is 170 g/mol. The smallest absolute Gasteiger partial charge is 0.0208 e. The van der Waals surface area contributed by atoms with Gasteiger partial charge >= 0.3 is 0 Å². The molecule has 0 saturated carbocycles. The lowest BCUT2D eigenvalue weighted by atomic mass is 9.94. The number of nitrogens with one attached hydrogen (secondary N) is 1. The number of hydrogen-bond donors (Lipinski definition) is 1. The summed E-state index contributed by atoms with van der Waals surface area (Å²) in [6.45, 7) is 10.6. The Bertz CT molecular complexity index is 302. The molecule has 0 aromatic heterocycles. The molecule has 0 spiro atoms. The molecule has 1 heterocycles. The van der Waals surface area contributed by atoms with Gasteiger partial charge in [-0.1, -0.05) is 31.5 Å². The van der Waals surface area contributed by atoms with E-state index in [1.54, 1.807) is 5.56 Å². The van der Waals surface area contributed by atoms with Gasteiger partial charge in [-0.05, 0) is 43.5 Å². The first-order chi connectivity index (χ1) is 6.77. The van der Waals surface area contributed by atoms with E-state index in [0.717, 1.165) is 13.1 Å². The predicted octanol–water partition coefficient (Wildman–Crippen LogP) is 2.98. The highest BCUT2D eigenvalue weighted by Gasteiger charge is 2.10. The molecule has 0 fully saturated rings. The number of benzene rings is 1. The van der Waals surface area contributed by atoms with E-state index in [4.69, 9.17) is 0 Å². The fourth-order valence-corrected chi connectivity index (χ4v) is 2.04. The molecule has 1 aliphatic rings. The van der Waals surface area contributed by atoms with Crippen LogP contribution in [-0.4, -0.2) is 6.54 Å². The molecule has 78 valence electrons. The van der Waals surface area contributed by atoms with Gasteiger partial charge in [-0.15, -0.1) is 0 Å². The molecule has 1 aliphatic heterocycles. The maximum absolute atomic E-state index is 3.40. The Morgan fingerprint density at radius 2 is 1.86 bits per heavy atom. The van der Waals surface area contributed by atoms with Crippen molar-refractivity contribution in [1.29, 1.82) is 0 Å². The highest BCUT2D eigenvalue weighted by Crippen LogP contribution is 2.19. The lowest BCUT2D eigenvalue weighted by Gasteiger charge is -2.19. The molecule has 0 unspecified atom stereocenters. The quantitative estimate of drug-likeness (QED) is 0.665. The zero-order valence-electron chi connectivity index (χ0n) is 9.78. The van der Waals surface area contributed by atoms with Gasteiger partial charge in [0.2, 0.25) is 0 Å². The highest BCUT2D eigenvalue weighted by molar-refractivity contribution is 5.39. The van der Waals surface area contributed by atoms with Crippen molar-refractivity contribution in [2.24, 2.45) is 0 Å². The van der Waals surface area contributed by atoms with Crippen LogP contribution >= 0.6 is 0 Å². The van der Waals surface area contributed by atoms with Crippen LogP contribution in [0.5, 0.6) is 0 Å². The van der Waals surface area contributed by atoms with Gasteiger partial charge < -0.3 is 5.32 Å². The average Bonchev–Trinajstić information content (AvgIpc) is 2.20. The maximum Gasteiger partial charge on any atom is 0.0208 e. The van der Waals surface area contributed by atoms with Gasteiger partial charge in [0, 0.05) is 6.54 Å². The van der Waals surface area contributed by atoms with E-state index in [0.29, 0.717) is 0 Å². The summed E-state index contributed by atoms with van der Waals surface area (Å²) >= 11 is 0. The van der Waals surface area contributed by atoms with Crippen LogP contribution in [0.2, 0.25) is 0 Å². The molecule has 1 aromatic carbocycles. The third-order valence-corrected chi connectivity index (χ3v) is 2.58. The van der Waals surface area contributed by atoms with Crippen molar-refractivity contribution < 1.29 is 0 Å². The predicted molar refractivity (Wildman–Crippen MR) is 62.7 cm³/mol. The molecule has 0 bridgehead atoms. The van der Waals surface area contributed by atoms with Crippen LogP contribution < -0.4 is 5.32 Å². The van der Waals surface area contributed by atoms with E-state index in [-0.39, 0.29) is 0 Å². The fourth-order valence-electron chi connectivity index (χ4n) is 2.04. The van der Waals surface area contributed by atoms with Crippen LogP contribution in [0, 0.1) is 13.8 Å². The minimum absolute atomic E-state index is 1.05. The van der Waals surface area contributed by atoms with Crippen LogP contribution in [0.25, 0.3) is 0 Å². The molecule has 0 radical (unpaired) electrons. The van der Waals surface area contributed by atoms with E-state index in [2.05, 4.69) is 31.3 Å². The van der Waals surface area contributed by atoms with Gasteiger partial charge in [-0.25, -0.2) is 0 Å². The van der Waals surface area contributed by atoms with E-state index < -0.39 is 0 Å². The summed E-state index contributed by atoms with van der Waals surface area (Å²) in [7, 11) is 0. The Morgan fingerprint density at radius 1 is 1.14 bits per heavy atom. The molecule has 2 rings (SSSR count). The Morgan fingerprint density at radius 3 is 2.57 bits per heavy atom. The van der Waals surface area contributed by atoms with E-state index >= 15 is 0 Å². The third kappa shape index (κ3) is 2.36. The Kier molecular flexibility index (Phi) is 4.15. The van der Waals surface area contributed by atoms with Gasteiger partial charge in [0.15, 0.2) is 0 Å². The van der Waals surface area contributed by atoms with Crippen molar-refractivity contribution in [3.8, 4) is 0 Å². The summed E-state index contributed by atoms with van der Waals surface area (Å²) in [4.78, 5) is 0. The second-order valence-electron chi connectivity index (χ2n) is 3.65. The topological polar surface area (TPSA) is 12.0 Å². The van der Waals surface area contributed by atoms with E-state index in [9.17, 15) is 0 Å². The molecule has 0 atom stereocenters. The second-order valence-corrected chi connectivity index (χ2v) is 3.65. The molecule has 1 N–H and O–H groups in total. The van der Waals surface area contributed by atoms with Crippen molar-refractivity contribution in [3.05, 3.63) is 34.4 Å². The first kappa shape index (κ1) is 11.3. The molecule has 1 heteroatoms. The minimum atomic E-state index is 1.05. The standard InChI is InChI=1S/C11H15N.C2H6/c1-8-5-9(2)11-3-4-12-7-10(11)6-8;1-2/h5-6,12H,3-4,7H2,1-2H3;1-2H3. The summed E-state index contributed by atoms with van der Waals surface area (Å²) in [6.07, 6.45) is 1.20. The molecule has 1 nitrogen and oxygen atoms in total. The molecule has 0 amide bonds. The monoisotopic (exact) mass is 191 g/mol. The van der Waals surface area contributed by atoms with E-state index in [1.807, 2.05) is 13.8 Å². The first-order valence-corrected chi connectivity index (χ1v) is 5.57. The minimum Gasteiger partial charge on any atom is -0.312 e. The van der Waals surface area contributed by atoms with Gasteiger partial charge in [0.05, 0.1) is 0 Å². The van der Waals surface area contributed by atoms with Crippen LogP contribution in [0.3, 0.4) is 0 Å². The molecule has 1 aromatic rings. The van der Waals surface area contributed by atoms with Crippen molar-refractivity contribution >= 4 is 0 Å². The first-order valence-electron chi connectivity index (χ1n) is 5.57. The molecule has 0 saturated heterocycles. The van der Waals surface area contributed by atoms with Crippen LogP contribution in [0.15, 0.2) is 12.1 Å². The normalized spacial score (nSPS) is 14.0. The number of aryl methyl sites for hydroxylation is 2. The lowest BCUT2D eigenvalue weighted by molar-refractivity contribution is 0.640. The fraction of sp³-hybridized carbons (Fsp3) is 0.538.